The van der Waals surface area contributed by atoms with Gasteiger partial charge in [0.25, 0.3) is 0 Å². The van der Waals surface area contributed by atoms with Gasteiger partial charge >= 0.3 is 0 Å². The molecule has 0 saturated heterocycles. The molecule has 3 heteroatoms. The van der Waals surface area contributed by atoms with Crippen LogP contribution >= 0.6 is 22.7 Å². The summed E-state index contributed by atoms with van der Waals surface area (Å²) in [6, 6.07) is 38.8. The van der Waals surface area contributed by atoms with E-state index in [4.69, 9.17) is 0 Å². The van der Waals surface area contributed by atoms with Gasteiger partial charge in [-0.2, -0.15) is 5.26 Å². The average molecular weight is 468 g/mol. The van der Waals surface area contributed by atoms with Crippen molar-refractivity contribution in [3.8, 4) is 28.3 Å². The summed E-state index contributed by atoms with van der Waals surface area (Å²) >= 11 is 3.63. The summed E-state index contributed by atoms with van der Waals surface area (Å²) < 4.78 is 5.06. The molecule has 7 rings (SSSR count). The molecule has 0 amide bonds. The number of nitrogens with zero attached hydrogens (tertiary/aromatic N) is 1. The van der Waals surface area contributed by atoms with Crippen LogP contribution in [0.15, 0.2) is 103 Å². The van der Waals surface area contributed by atoms with Crippen molar-refractivity contribution in [2.75, 3.05) is 0 Å². The Morgan fingerprint density at radius 3 is 1.62 bits per heavy atom. The molecule has 0 radical (unpaired) electrons. The van der Waals surface area contributed by atoms with Crippen LogP contribution < -0.4 is 0 Å². The zero-order chi connectivity index (χ0) is 22.6. The third kappa shape index (κ3) is 2.77. The van der Waals surface area contributed by atoms with Crippen LogP contribution in [0, 0.1) is 11.3 Å². The predicted octanol–water partition coefficient (Wildman–Crippen LogP) is 9.63. The Balaban J connectivity index is 1.60. The highest BCUT2D eigenvalue weighted by atomic mass is 32.1. The summed E-state index contributed by atoms with van der Waals surface area (Å²) in [5, 5.41) is 15.2. The number of thiophene rings is 2. The fourth-order valence-corrected chi connectivity index (χ4v) is 7.52. The quantitative estimate of drug-likeness (QED) is 0.248. The zero-order valence-corrected chi connectivity index (χ0v) is 19.7. The van der Waals surface area contributed by atoms with E-state index in [9.17, 15) is 5.26 Å². The molecule has 0 aliphatic heterocycles. The van der Waals surface area contributed by atoms with E-state index < -0.39 is 0 Å². The lowest BCUT2D eigenvalue weighted by atomic mass is 9.89. The lowest BCUT2D eigenvalue weighted by molar-refractivity contribution is 1.48. The highest BCUT2D eigenvalue weighted by molar-refractivity contribution is 7.26. The van der Waals surface area contributed by atoms with Crippen molar-refractivity contribution in [3.63, 3.8) is 0 Å². The molecule has 0 spiro atoms. The van der Waals surface area contributed by atoms with Crippen molar-refractivity contribution in [2.24, 2.45) is 0 Å². The van der Waals surface area contributed by atoms with Crippen molar-refractivity contribution in [3.05, 3.63) is 109 Å². The van der Waals surface area contributed by atoms with Crippen LogP contribution in [0.3, 0.4) is 0 Å². The monoisotopic (exact) mass is 467 g/mol. The van der Waals surface area contributed by atoms with E-state index >= 15 is 0 Å². The number of hydrogen-bond donors (Lipinski definition) is 0. The Hall–Kier alpha value is -3.97. The van der Waals surface area contributed by atoms with Crippen LogP contribution in [0.25, 0.3) is 62.6 Å². The summed E-state index contributed by atoms with van der Waals surface area (Å²) in [6.45, 7) is 0. The smallest absolute Gasteiger partial charge is 0.0998 e. The van der Waals surface area contributed by atoms with Crippen LogP contribution in [-0.2, 0) is 0 Å². The molecule has 2 heterocycles. The second-order valence-corrected chi connectivity index (χ2v) is 10.5. The highest BCUT2D eigenvalue weighted by Gasteiger charge is 2.19. The maximum Gasteiger partial charge on any atom is 0.0998 e. The molecule has 34 heavy (non-hydrogen) atoms. The lowest BCUT2D eigenvalue weighted by Gasteiger charge is -2.14. The van der Waals surface area contributed by atoms with Gasteiger partial charge in [-0.05, 0) is 23.8 Å². The molecular formula is C31H17NS2. The van der Waals surface area contributed by atoms with Crippen molar-refractivity contribution < 1.29 is 0 Å². The maximum atomic E-state index is 10.1. The first-order valence-corrected chi connectivity index (χ1v) is 12.8. The van der Waals surface area contributed by atoms with Crippen molar-refractivity contribution in [2.45, 2.75) is 0 Å². The summed E-state index contributed by atoms with van der Waals surface area (Å²) in [6.07, 6.45) is 0. The Bertz CT molecular complexity index is 1930. The largest absolute Gasteiger partial charge is 0.192 e. The Kier molecular flexibility index (Phi) is 4.32. The lowest BCUT2D eigenvalue weighted by Crippen LogP contribution is -1.90. The first-order chi connectivity index (χ1) is 16.8. The number of fused-ring (bicyclic) bond motifs is 6. The Labute approximate surface area is 204 Å². The number of hydrogen-bond acceptors (Lipinski definition) is 3. The van der Waals surface area contributed by atoms with E-state index in [2.05, 4.69) is 97.1 Å². The minimum atomic E-state index is 0.709. The normalized spacial score (nSPS) is 11.5. The number of benzene rings is 5. The van der Waals surface area contributed by atoms with Gasteiger partial charge in [0, 0.05) is 57.0 Å². The van der Waals surface area contributed by atoms with Gasteiger partial charge in [-0.3, -0.25) is 0 Å². The minimum absolute atomic E-state index is 0.709. The van der Waals surface area contributed by atoms with Crippen molar-refractivity contribution >= 4 is 63.0 Å². The molecule has 0 fully saturated rings. The topological polar surface area (TPSA) is 23.8 Å². The van der Waals surface area contributed by atoms with Crippen LogP contribution in [0.2, 0.25) is 0 Å². The zero-order valence-electron chi connectivity index (χ0n) is 18.1. The molecule has 0 aliphatic carbocycles. The molecule has 0 saturated carbocycles. The molecule has 7 aromatic rings. The fraction of sp³-hybridized carbons (Fsp3) is 0. The van der Waals surface area contributed by atoms with Gasteiger partial charge in [-0.15, -0.1) is 22.7 Å². The second-order valence-electron chi connectivity index (χ2n) is 8.40. The molecule has 1 nitrogen and oxygen atoms in total. The van der Waals surface area contributed by atoms with Gasteiger partial charge in [0.15, 0.2) is 0 Å². The molecular weight excluding hydrogens is 450 g/mol. The van der Waals surface area contributed by atoms with Gasteiger partial charge in [0.05, 0.1) is 11.6 Å². The van der Waals surface area contributed by atoms with Crippen molar-refractivity contribution in [1.82, 2.24) is 0 Å². The molecule has 0 aliphatic rings. The van der Waals surface area contributed by atoms with E-state index in [1.807, 2.05) is 23.5 Å². The third-order valence-electron chi connectivity index (χ3n) is 6.55. The average Bonchev–Trinajstić information content (AvgIpc) is 3.47. The molecule has 5 aromatic carbocycles. The van der Waals surface area contributed by atoms with Gasteiger partial charge in [-0.1, -0.05) is 84.9 Å². The molecule has 0 bridgehead atoms. The van der Waals surface area contributed by atoms with Crippen LogP contribution in [0.1, 0.15) is 5.56 Å². The van der Waals surface area contributed by atoms with Gasteiger partial charge < -0.3 is 0 Å². The minimum Gasteiger partial charge on any atom is -0.192 e. The van der Waals surface area contributed by atoms with Crippen LogP contribution in [0.4, 0.5) is 0 Å². The summed E-state index contributed by atoms with van der Waals surface area (Å²) in [5.41, 5.74) is 5.15. The molecule has 158 valence electrons. The van der Waals surface area contributed by atoms with E-state index in [-0.39, 0.29) is 0 Å². The molecule has 0 unspecified atom stereocenters. The van der Waals surface area contributed by atoms with E-state index in [0.29, 0.717) is 5.56 Å². The Morgan fingerprint density at radius 1 is 0.471 bits per heavy atom. The molecule has 0 atom stereocenters. The first kappa shape index (κ1) is 19.5. The van der Waals surface area contributed by atoms with Crippen molar-refractivity contribution in [1.29, 1.82) is 5.26 Å². The fourth-order valence-electron chi connectivity index (χ4n) is 5.06. The highest BCUT2D eigenvalue weighted by Crippen LogP contribution is 2.46. The van der Waals surface area contributed by atoms with E-state index in [1.165, 1.54) is 45.9 Å². The first-order valence-electron chi connectivity index (χ1n) is 11.2. The summed E-state index contributed by atoms with van der Waals surface area (Å²) in [5.74, 6) is 0. The molecule has 0 N–H and O–H groups in total. The van der Waals surface area contributed by atoms with E-state index in [1.54, 1.807) is 11.3 Å². The maximum absolute atomic E-state index is 10.1. The number of nitriles is 1. The standard InChI is InChI=1S/C31H17NS2/c32-18-19-8-5-11-22(25-14-6-12-23-20-9-1-3-16-27(20)33-30(23)25)29(19)26-15-7-13-24-21-10-2-4-17-28(21)34-31(24)26/h1-17H. The summed E-state index contributed by atoms with van der Waals surface area (Å²) in [7, 11) is 0. The van der Waals surface area contributed by atoms with E-state index in [0.717, 1.165) is 16.7 Å². The van der Waals surface area contributed by atoms with Gasteiger partial charge in [0.1, 0.15) is 0 Å². The molecule has 2 aromatic heterocycles. The summed E-state index contributed by atoms with van der Waals surface area (Å²) in [4.78, 5) is 0. The predicted molar refractivity (Wildman–Crippen MR) is 148 cm³/mol. The third-order valence-corrected chi connectivity index (χ3v) is 8.99. The second kappa shape index (κ2) is 7.53. The van der Waals surface area contributed by atoms with Crippen LogP contribution in [-0.4, -0.2) is 0 Å². The van der Waals surface area contributed by atoms with Crippen LogP contribution in [0.5, 0.6) is 0 Å². The SMILES string of the molecule is N#Cc1cccc(-c2cccc3c2sc2ccccc23)c1-c1cccc2c1sc1ccccc12. The van der Waals surface area contributed by atoms with Gasteiger partial charge in [0.2, 0.25) is 0 Å². The van der Waals surface area contributed by atoms with Gasteiger partial charge in [-0.25, -0.2) is 0 Å². The number of rotatable bonds is 2. The Morgan fingerprint density at radius 2 is 0.971 bits per heavy atom.